The number of nitrogens with two attached hydrogens (primary N) is 1. The smallest absolute Gasteiger partial charge is 0.248 e. The van der Waals surface area contributed by atoms with Crippen LogP contribution in [-0.4, -0.2) is 15.7 Å². The van der Waals surface area contributed by atoms with Crippen molar-refractivity contribution in [3.8, 4) is 0 Å². The van der Waals surface area contributed by atoms with Crippen LogP contribution in [0.5, 0.6) is 0 Å². The van der Waals surface area contributed by atoms with E-state index in [1.54, 1.807) is 4.68 Å². The number of nitrogens with zero attached hydrogens (tertiary/aromatic N) is 2. The second-order valence-electron chi connectivity index (χ2n) is 4.90. The Labute approximate surface area is 123 Å². The molecule has 1 heterocycles. The average Bonchev–Trinajstić information content (AvgIpc) is 2.81. The molecule has 0 fully saturated rings. The van der Waals surface area contributed by atoms with E-state index in [4.69, 9.17) is 5.73 Å². The van der Waals surface area contributed by atoms with E-state index in [9.17, 15) is 9.18 Å². The minimum atomic E-state index is -0.559. The van der Waals surface area contributed by atoms with Crippen molar-refractivity contribution in [1.82, 2.24) is 15.1 Å². The Balaban J connectivity index is 2.03. The van der Waals surface area contributed by atoms with E-state index in [0.717, 1.165) is 17.7 Å². The molecule has 1 aromatic carbocycles. The summed E-state index contributed by atoms with van der Waals surface area (Å²) in [5.41, 5.74) is 8.05. The fraction of sp³-hybridized carbons (Fsp3) is 0.333. The largest absolute Gasteiger partial charge is 0.366 e. The molecule has 1 amide bonds. The number of carbonyl (C=O) groups is 1. The molecule has 2 aromatic rings. The first-order chi connectivity index (χ1) is 10.0. The maximum atomic E-state index is 13.7. The molecule has 6 heteroatoms. The number of benzene rings is 1. The number of rotatable bonds is 6. The van der Waals surface area contributed by atoms with E-state index in [1.165, 1.54) is 18.2 Å². The first-order valence-corrected chi connectivity index (χ1v) is 6.81. The lowest BCUT2D eigenvalue weighted by atomic mass is 10.1. The van der Waals surface area contributed by atoms with Crippen LogP contribution in [0.3, 0.4) is 0 Å². The Morgan fingerprint density at radius 2 is 2.10 bits per heavy atom. The normalized spacial score (nSPS) is 10.8. The third kappa shape index (κ3) is 3.66. The van der Waals surface area contributed by atoms with Gasteiger partial charge in [-0.2, -0.15) is 5.10 Å². The van der Waals surface area contributed by atoms with Gasteiger partial charge < -0.3 is 11.1 Å². The van der Waals surface area contributed by atoms with Crippen LogP contribution in [0, 0.1) is 5.82 Å². The molecule has 0 radical (unpaired) electrons. The Kier molecular flexibility index (Phi) is 4.70. The molecule has 1 aromatic heterocycles. The van der Waals surface area contributed by atoms with E-state index in [0.29, 0.717) is 24.2 Å². The highest BCUT2D eigenvalue weighted by Crippen LogP contribution is 2.11. The molecule has 0 spiro atoms. The molecule has 0 aliphatic rings. The first-order valence-electron chi connectivity index (χ1n) is 6.81. The van der Waals surface area contributed by atoms with Crippen molar-refractivity contribution < 1.29 is 9.18 Å². The third-order valence-electron chi connectivity index (χ3n) is 3.29. The fourth-order valence-electron chi connectivity index (χ4n) is 2.22. The molecule has 0 aliphatic carbocycles. The third-order valence-corrected chi connectivity index (χ3v) is 3.29. The van der Waals surface area contributed by atoms with Crippen molar-refractivity contribution in [2.75, 3.05) is 0 Å². The molecule has 0 saturated heterocycles. The van der Waals surface area contributed by atoms with Crippen molar-refractivity contribution in [3.63, 3.8) is 0 Å². The number of aromatic nitrogens is 2. The van der Waals surface area contributed by atoms with Crippen molar-refractivity contribution in [3.05, 3.63) is 52.6 Å². The van der Waals surface area contributed by atoms with Gasteiger partial charge in [0.05, 0.1) is 5.69 Å². The monoisotopic (exact) mass is 290 g/mol. The number of nitrogens with one attached hydrogen (secondary N) is 1. The van der Waals surface area contributed by atoms with Crippen LogP contribution in [0.2, 0.25) is 0 Å². The molecule has 0 unspecified atom stereocenters. The molecule has 0 bridgehead atoms. The van der Waals surface area contributed by atoms with Gasteiger partial charge in [0.1, 0.15) is 5.82 Å². The number of amides is 1. The van der Waals surface area contributed by atoms with Gasteiger partial charge in [-0.05, 0) is 24.6 Å². The standard InChI is InChI=1S/C15H19FN4O/c1-3-14-12(9-20(2)19-14)8-18-7-11-6-10(15(17)21)4-5-13(11)16/h4-6,9,18H,3,7-8H2,1-2H3,(H2,17,21). The molecular weight excluding hydrogens is 271 g/mol. The second-order valence-corrected chi connectivity index (χ2v) is 4.90. The first kappa shape index (κ1) is 15.2. The van der Waals surface area contributed by atoms with E-state index in [-0.39, 0.29) is 5.82 Å². The topological polar surface area (TPSA) is 72.9 Å². The lowest BCUT2D eigenvalue weighted by Gasteiger charge is -2.07. The van der Waals surface area contributed by atoms with Gasteiger partial charge in [-0.15, -0.1) is 0 Å². The SMILES string of the molecule is CCc1nn(C)cc1CNCc1cc(C(N)=O)ccc1F. The minimum absolute atomic E-state index is 0.309. The van der Waals surface area contributed by atoms with Crippen molar-refractivity contribution in [2.24, 2.45) is 12.8 Å². The molecule has 21 heavy (non-hydrogen) atoms. The lowest BCUT2D eigenvalue weighted by molar-refractivity contribution is 0.1000. The zero-order valence-corrected chi connectivity index (χ0v) is 12.2. The van der Waals surface area contributed by atoms with Gasteiger partial charge in [-0.25, -0.2) is 4.39 Å². The predicted octanol–water partition coefficient (Wildman–Crippen LogP) is 1.51. The molecule has 0 aliphatic heterocycles. The van der Waals surface area contributed by atoms with Crippen LogP contribution < -0.4 is 11.1 Å². The number of halogens is 1. The number of primary amides is 1. The summed E-state index contributed by atoms with van der Waals surface area (Å²) in [6, 6.07) is 4.13. The summed E-state index contributed by atoms with van der Waals surface area (Å²) in [5, 5.41) is 7.52. The van der Waals surface area contributed by atoms with Gasteiger partial charge in [-0.3, -0.25) is 9.48 Å². The number of aryl methyl sites for hydroxylation is 2. The lowest BCUT2D eigenvalue weighted by Crippen LogP contribution is -2.16. The van der Waals surface area contributed by atoms with Crippen LogP contribution in [0.15, 0.2) is 24.4 Å². The van der Waals surface area contributed by atoms with E-state index >= 15 is 0 Å². The van der Waals surface area contributed by atoms with Gasteiger partial charge in [-0.1, -0.05) is 6.92 Å². The summed E-state index contributed by atoms with van der Waals surface area (Å²) >= 11 is 0. The van der Waals surface area contributed by atoms with Crippen molar-refractivity contribution in [2.45, 2.75) is 26.4 Å². The van der Waals surface area contributed by atoms with Gasteiger partial charge in [0, 0.05) is 43.0 Å². The highest BCUT2D eigenvalue weighted by atomic mass is 19.1. The number of carbonyl (C=O) groups excluding carboxylic acids is 1. The van der Waals surface area contributed by atoms with Crippen LogP contribution in [0.25, 0.3) is 0 Å². The summed E-state index contributed by atoms with van der Waals surface area (Å²) in [5.74, 6) is -0.911. The van der Waals surface area contributed by atoms with E-state index in [1.807, 2.05) is 20.2 Å². The summed E-state index contributed by atoms with van der Waals surface area (Å²) in [6.07, 6.45) is 2.80. The quantitative estimate of drug-likeness (QED) is 0.847. The van der Waals surface area contributed by atoms with Gasteiger partial charge >= 0.3 is 0 Å². The fourth-order valence-corrected chi connectivity index (χ4v) is 2.22. The highest BCUT2D eigenvalue weighted by molar-refractivity contribution is 5.92. The molecule has 112 valence electrons. The van der Waals surface area contributed by atoms with Crippen LogP contribution >= 0.6 is 0 Å². The Hall–Kier alpha value is -2.21. The summed E-state index contributed by atoms with van der Waals surface area (Å²) in [4.78, 5) is 11.1. The zero-order chi connectivity index (χ0) is 15.4. The van der Waals surface area contributed by atoms with E-state index in [2.05, 4.69) is 10.4 Å². The molecule has 3 N–H and O–H groups in total. The molecule has 5 nitrogen and oxygen atoms in total. The van der Waals surface area contributed by atoms with E-state index < -0.39 is 5.91 Å². The molecular formula is C15H19FN4O. The Morgan fingerprint density at radius 3 is 2.76 bits per heavy atom. The van der Waals surface area contributed by atoms with Crippen molar-refractivity contribution in [1.29, 1.82) is 0 Å². The number of hydrogen-bond donors (Lipinski definition) is 2. The average molecular weight is 290 g/mol. The highest BCUT2D eigenvalue weighted by Gasteiger charge is 2.09. The van der Waals surface area contributed by atoms with Crippen LogP contribution in [0.1, 0.15) is 34.1 Å². The predicted molar refractivity (Wildman–Crippen MR) is 78.0 cm³/mol. The summed E-state index contributed by atoms with van der Waals surface area (Å²) < 4.78 is 15.5. The molecule has 0 atom stereocenters. The minimum Gasteiger partial charge on any atom is -0.366 e. The zero-order valence-electron chi connectivity index (χ0n) is 12.2. The maximum absolute atomic E-state index is 13.7. The maximum Gasteiger partial charge on any atom is 0.248 e. The van der Waals surface area contributed by atoms with Gasteiger partial charge in [0.2, 0.25) is 5.91 Å². The summed E-state index contributed by atoms with van der Waals surface area (Å²) in [7, 11) is 1.87. The van der Waals surface area contributed by atoms with Crippen LogP contribution in [-0.2, 0) is 26.6 Å². The van der Waals surface area contributed by atoms with Gasteiger partial charge in [0.15, 0.2) is 0 Å². The van der Waals surface area contributed by atoms with Gasteiger partial charge in [0.25, 0.3) is 0 Å². The number of hydrogen-bond acceptors (Lipinski definition) is 3. The summed E-state index contributed by atoms with van der Waals surface area (Å²) in [6.45, 7) is 2.96. The molecule has 2 rings (SSSR count). The molecule has 0 saturated carbocycles. The Morgan fingerprint density at radius 1 is 1.38 bits per heavy atom. The van der Waals surface area contributed by atoms with Crippen molar-refractivity contribution >= 4 is 5.91 Å². The second kappa shape index (κ2) is 6.49. The Bertz CT molecular complexity index is 651. The van der Waals surface area contributed by atoms with Crippen LogP contribution in [0.4, 0.5) is 4.39 Å².